The first-order valence-corrected chi connectivity index (χ1v) is 9.81. The van der Waals surface area contributed by atoms with Crippen LogP contribution in [0.5, 0.6) is 5.75 Å². The molecule has 0 aliphatic carbocycles. The summed E-state index contributed by atoms with van der Waals surface area (Å²) in [5, 5.41) is 7.02. The van der Waals surface area contributed by atoms with E-state index in [0.29, 0.717) is 22.6 Å². The maximum Gasteiger partial charge on any atom is 0.387 e. The summed E-state index contributed by atoms with van der Waals surface area (Å²) >= 11 is 5.99. The molecule has 0 spiro atoms. The average molecular weight is 547 g/mol. The van der Waals surface area contributed by atoms with Gasteiger partial charge in [0.15, 0.2) is 5.96 Å². The molecule has 1 aliphatic heterocycles. The number of benzene rings is 1. The van der Waals surface area contributed by atoms with Gasteiger partial charge in [0.25, 0.3) is 0 Å². The van der Waals surface area contributed by atoms with Gasteiger partial charge in [0.05, 0.1) is 0 Å². The van der Waals surface area contributed by atoms with Crippen molar-refractivity contribution in [3.63, 3.8) is 0 Å². The number of hydrogen-bond acceptors (Lipinski definition) is 4. The van der Waals surface area contributed by atoms with Gasteiger partial charge in [0.2, 0.25) is 0 Å². The second kappa shape index (κ2) is 14.2. The molecule has 0 amide bonds. The fourth-order valence-electron chi connectivity index (χ4n) is 3.20. The monoisotopic (exact) mass is 546 g/mol. The average Bonchev–Trinajstić information content (AvgIpc) is 2.68. The predicted octanol–water partition coefficient (Wildman–Crippen LogP) is 3.73. The highest BCUT2D eigenvalue weighted by atomic mass is 127. The Hall–Kier alpha value is -0.910. The molecule has 0 atom stereocenters. The van der Waals surface area contributed by atoms with Crippen molar-refractivity contribution in [1.29, 1.82) is 0 Å². The number of nitrogens with zero attached hydrogens (tertiary/aromatic N) is 2. The highest BCUT2D eigenvalue weighted by Crippen LogP contribution is 2.24. The van der Waals surface area contributed by atoms with Crippen LogP contribution < -0.4 is 15.4 Å². The molecule has 0 aromatic heterocycles. The van der Waals surface area contributed by atoms with Crippen LogP contribution in [0.25, 0.3) is 0 Å². The van der Waals surface area contributed by atoms with Gasteiger partial charge in [0.1, 0.15) is 5.75 Å². The van der Waals surface area contributed by atoms with E-state index >= 15 is 0 Å². The molecule has 2 N–H and O–H groups in total. The molecule has 29 heavy (non-hydrogen) atoms. The quantitative estimate of drug-likeness (QED) is 0.214. The van der Waals surface area contributed by atoms with Crippen LogP contribution in [-0.2, 0) is 11.3 Å². The lowest BCUT2D eigenvalue weighted by molar-refractivity contribution is -0.0504. The zero-order valence-corrected chi connectivity index (χ0v) is 19.9. The lowest BCUT2D eigenvalue weighted by Crippen LogP contribution is -2.48. The van der Waals surface area contributed by atoms with Crippen LogP contribution in [0, 0.1) is 0 Å². The number of ether oxygens (including phenoxy) is 2. The maximum absolute atomic E-state index is 12.6. The summed E-state index contributed by atoms with van der Waals surface area (Å²) in [6, 6.07) is 4.90. The minimum Gasteiger partial charge on any atom is -0.434 e. The van der Waals surface area contributed by atoms with Gasteiger partial charge in [0, 0.05) is 63.6 Å². The third-order valence-electron chi connectivity index (χ3n) is 4.66. The van der Waals surface area contributed by atoms with Crippen LogP contribution in [-0.4, -0.2) is 63.9 Å². The van der Waals surface area contributed by atoms with E-state index in [1.165, 1.54) is 12.1 Å². The fourth-order valence-corrected chi connectivity index (χ4v) is 3.39. The van der Waals surface area contributed by atoms with E-state index < -0.39 is 6.61 Å². The van der Waals surface area contributed by atoms with E-state index in [0.717, 1.165) is 45.5 Å². The molecule has 0 radical (unpaired) electrons. The van der Waals surface area contributed by atoms with Gasteiger partial charge in [-0.1, -0.05) is 11.6 Å². The number of alkyl halides is 2. The molecule has 6 nitrogen and oxygen atoms in total. The second-order valence-corrected chi connectivity index (χ2v) is 7.10. The van der Waals surface area contributed by atoms with Gasteiger partial charge in [-0.05, 0) is 37.5 Å². The van der Waals surface area contributed by atoms with Crippen molar-refractivity contribution in [2.45, 2.75) is 38.5 Å². The fraction of sp³-hybridized carbons (Fsp3) is 0.632. The van der Waals surface area contributed by atoms with Crippen molar-refractivity contribution in [2.24, 2.45) is 4.99 Å². The molecule has 1 heterocycles. The number of likely N-dealkylation sites (tertiary alicyclic amines) is 1. The largest absolute Gasteiger partial charge is 0.434 e. The minimum absolute atomic E-state index is 0. The Morgan fingerprint density at radius 2 is 2.07 bits per heavy atom. The molecule has 0 saturated carbocycles. The van der Waals surface area contributed by atoms with Crippen LogP contribution in [0.1, 0.15) is 24.8 Å². The summed E-state index contributed by atoms with van der Waals surface area (Å²) in [4.78, 5) is 6.67. The van der Waals surface area contributed by atoms with E-state index in [1.54, 1.807) is 20.2 Å². The molecule has 1 aromatic rings. The van der Waals surface area contributed by atoms with E-state index in [4.69, 9.17) is 16.3 Å². The van der Waals surface area contributed by atoms with Crippen molar-refractivity contribution in [1.82, 2.24) is 15.5 Å². The topological polar surface area (TPSA) is 58.1 Å². The number of nitrogens with one attached hydrogen (secondary N) is 2. The summed E-state index contributed by atoms with van der Waals surface area (Å²) in [5.74, 6) is 0.729. The van der Waals surface area contributed by atoms with Gasteiger partial charge in [-0.3, -0.25) is 4.99 Å². The molecular weight excluding hydrogens is 517 g/mol. The first-order valence-electron chi connectivity index (χ1n) is 9.43. The zero-order chi connectivity index (χ0) is 20.4. The first-order chi connectivity index (χ1) is 13.5. The van der Waals surface area contributed by atoms with Crippen molar-refractivity contribution < 1.29 is 18.3 Å². The third kappa shape index (κ3) is 9.63. The molecule has 1 aliphatic rings. The molecular formula is C19H30ClF2IN4O2. The van der Waals surface area contributed by atoms with Gasteiger partial charge < -0.3 is 25.0 Å². The Balaban J connectivity index is 0.00000420. The summed E-state index contributed by atoms with van der Waals surface area (Å²) in [6.07, 6.45) is 3.08. The normalized spacial score (nSPS) is 15.9. The number of rotatable bonds is 9. The van der Waals surface area contributed by atoms with Crippen molar-refractivity contribution in [3.05, 3.63) is 28.8 Å². The number of piperidine rings is 1. The smallest absolute Gasteiger partial charge is 0.387 e. The minimum atomic E-state index is -2.88. The summed E-state index contributed by atoms with van der Waals surface area (Å²) in [6.45, 7) is 1.28. The lowest BCUT2D eigenvalue weighted by atomic mass is 10.1. The standard InChI is InChI=1S/C19H29ClF2N4O2.HI/c1-23-19(25-16-6-9-26(10-7-16)8-3-11-27-2)24-13-14-12-15(20)4-5-17(14)28-18(21)22;/h4-5,12,16,18H,3,6-11,13H2,1-2H3,(H2,23,24,25);1H. The van der Waals surface area contributed by atoms with Gasteiger partial charge in [-0.2, -0.15) is 8.78 Å². The zero-order valence-electron chi connectivity index (χ0n) is 16.8. The van der Waals surface area contributed by atoms with Crippen LogP contribution in [0.3, 0.4) is 0 Å². The highest BCUT2D eigenvalue weighted by molar-refractivity contribution is 14.0. The predicted molar refractivity (Wildman–Crippen MR) is 123 cm³/mol. The van der Waals surface area contributed by atoms with Crippen LogP contribution in [0.2, 0.25) is 5.02 Å². The summed E-state index contributed by atoms with van der Waals surface area (Å²) in [7, 11) is 3.41. The van der Waals surface area contributed by atoms with Crippen molar-refractivity contribution in [2.75, 3.05) is 40.4 Å². The summed E-state index contributed by atoms with van der Waals surface area (Å²) < 4.78 is 34.8. The van der Waals surface area contributed by atoms with E-state index in [9.17, 15) is 8.78 Å². The Kier molecular flexibility index (Phi) is 12.8. The number of halogens is 4. The van der Waals surface area contributed by atoms with Gasteiger partial charge >= 0.3 is 6.61 Å². The highest BCUT2D eigenvalue weighted by Gasteiger charge is 2.20. The molecule has 166 valence electrons. The van der Waals surface area contributed by atoms with Crippen LogP contribution >= 0.6 is 35.6 Å². The molecule has 1 saturated heterocycles. The van der Waals surface area contributed by atoms with E-state index in [2.05, 4.69) is 25.3 Å². The second-order valence-electron chi connectivity index (χ2n) is 6.66. The Morgan fingerprint density at radius 1 is 1.34 bits per heavy atom. The number of guanidine groups is 1. The molecule has 0 bridgehead atoms. The SMILES string of the molecule is CN=C(NCc1cc(Cl)ccc1OC(F)F)NC1CCN(CCCOC)CC1.I. The molecule has 0 unspecified atom stereocenters. The van der Waals surface area contributed by atoms with Crippen LogP contribution in [0.15, 0.2) is 23.2 Å². The molecule has 2 rings (SSSR count). The third-order valence-corrected chi connectivity index (χ3v) is 4.89. The van der Waals surface area contributed by atoms with Crippen molar-refractivity contribution >= 4 is 41.5 Å². The van der Waals surface area contributed by atoms with Gasteiger partial charge in [-0.25, -0.2) is 0 Å². The Morgan fingerprint density at radius 3 is 2.69 bits per heavy atom. The van der Waals surface area contributed by atoms with E-state index in [1.807, 2.05) is 0 Å². The first kappa shape index (κ1) is 26.1. The van der Waals surface area contributed by atoms with Gasteiger partial charge in [-0.15, -0.1) is 24.0 Å². The number of hydrogen-bond donors (Lipinski definition) is 2. The maximum atomic E-state index is 12.6. The van der Waals surface area contributed by atoms with Crippen LogP contribution in [0.4, 0.5) is 8.78 Å². The number of aliphatic imine (C=N–C) groups is 1. The van der Waals surface area contributed by atoms with E-state index in [-0.39, 0.29) is 36.3 Å². The lowest BCUT2D eigenvalue weighted by Gasteiger charge is -2.33. The van der Waals surface area contributed by atoms with Crippen molar-refractivity contribution in [3.8, 4) is 5.75 Å². The summed E-state index contributed by atoms with van der Waals surface area (Å²) in [5.41, 5.74) is 0.545. The molecule has 1 fully saturated rings. The Bertz CT molecular complexity index is 632. The molecule has 10 heteroatoms. The molecule has 1 aromatic carbocycles. The Labute approximate surface area is 193 Å². The number of methoxy groups -OCH3 is 1.